The first kappa shape index (κ1) is 16.9. The number of hydrogen-bond acceptors (Lipinski definition) is 5. The molecule has 0 saturated carbocycles. The number of nitrogens with one attached hydrogen (secondary N) is 1. The molecule has 0 heterocycles. The van der Waals surface area contributed by atoms with Crippen LogP contribution in [0.15, 0.2) is 29.3 Å². The van der Waals surface area contributed by atoms with Crippen LogP contribution in [0.2, 0.25) is 0 Å². The van der Waals surface area contributed by atoms with E-state index in [4.69, 9.17) is 5.73 Å². The number of nitrogens with zero attached hydrogens (tertiary/aromatic N) is 1. The number of amides is 1. The average Bonchev–Trinajstić information content (AvgIpc) is 2.37. The maximum absolute atomic E-state index is 13.2. The Hall–Kier alpha value is -2.16. The van der Waals surface area contributed by atoms with Gasteiger partial charge in [0.05, 0.1) is 13.7 Å². The molecular formula is C12H16FN3O4S. The van der Waals surface area contributed by atoms with E-state index >= 15 is 0 Å². The molecule has 0 spiro atoms. The number of guanidine groups is 1. The molecule has 1 amide bonds. The summed E-state index contributed by atoms with van der Waals surface area (Å²) in [6.45, 7) is -0.252. The van der Waals surface area contributed by atoms with Crippen molar-refractivity contribution in [2.45, 2.75) is 5.25 Å². The number of hydrogen-bond donors (Lipinski definition) is 2. The number of halogens is 1. The zero-order valence-corrected chi connectivity index (χ0v) is 12.4. The van der Waals surface area contributed by atoms with Crippen molar-refractivity contribution in [2.24, 2.45) is 10.7 Å². The molecule has 0 saturated heterocycles. The van der Waals surface area contributed by atoms with Gasteiger partial charge in [-0.15, -0.1) is 0 Å². The Morgan fingerprint density at radius 1 is 1.52 bits per heavy atom. The summed E-state index contributed by atoms with van der Waals surface area (Å²) in [5, 5.41) is 1.03. The second-order valence-corrected chi connectivity index (χ2v) is 6.44. The highest BCUT2D eigenvalue weighted by atomic mass is 32.2. The van der Waals surface area contributed by atoms with Gasteiger partial charge in [0.1, 0.15) is 11.1 Å². The number of alkyl carbamates (subject to hydrolysis) is 1. The van der Waals surface area contributed by atoms with Crippen LogP contribution < -0.4 is 11.1 Å². The third-order valence-electron chi connectivity index (χ3n) is 2.58. The summed E-state index contributed by atoms with van der Waals surface area (Å²) in [6.07, 6.45) is 0.195. The Kier molecular flexibility index (Phi) is 5.65. The lowest BCUT2D eigenvalue weighted by Gasteiger charge is -2.13. The second-order valence-electron chi connectivity index (χ2n) is 4.22. The minimum atomic E-state index is -3.54. The number of rotatable bonds is 4. The second kappa shape index (κ2) is 7.02. The normalized spacial score (nSPS) is 13.6. The van der Waals surface area contributed by atoms with Crippen LogP contribution in [0, 0.1) is 5.82 Å². The summed E-state index contributed by atoms with van der Waals surface area (Å²) in [7, 11) is -2.39. The molecule has 0 aliphatic carbocycles. The molecule has 0 aromatic heterocycles. The van der Waals surface area contributed by atoms with Crippen molar-refractivity contribution >= 4 is 21.9 Å². The fraction of sp³-hybridized carbons (Fsp3) is 0.333. The minimum absolute atomic E-state index is 0.252. The quantitative estimate of drug-likeness (QED) is 0.623. The van der Waals surface area contributed by atoms with Crippen LogP contribution in [-0.4, -0.2) is 40.4 Å². The third kappa shape index (κ3) is 5.38. The summed E-state index contributed by atoms with van der Waals surface area (Å²) in [5.41, 5.74) is 5.68. The van der Waals surface area contributed by atoms with Crippen LogP contribution >= 0.6 is 0 Å². The van der Waals surface area contributed by atoms with E-state index in [1.807, 2.05) is 0 Å². The average molecular weight is 317 g/mol. The molecule has 7 nitrogen and oxygen atoms in total. The van der Waals surface area contributed by atoms with Crippen LogP contribution in [0.4, 0.5) is 9.18 Å². The first-order valence-corrected chi connectivity index (χ1v) is 7.78. The van der Waals surface area contributed by atoms with Crippen molar-refractivity contribution in [1.82, 2.24) is 5.32 Å². The van der Waals surface area contributed by atoms with E-state index in [9.17, 15) is 17.6 Å². The van der Waals surface area contributed by atoms with Crippen molar-refractivity contribution in [2.75, 3.05) is 19.9 Å². The third-order valence-corrected chi connectivity index (χ3v) is 4.04. The Morgan fingerprint density at radius 2 is 2.19 bits per heavy atom. The van der Waals surface area contributed by atoms with Crippen LogP contribution in [-0.2, 0) is 14.6 Å². The van der Waals surface area contributed by atoms with E-state index in [1.54, 1.807) is 0 Å². The Balaban J connectivity index is 2.96. The van der Waals surface area contributed by atoms with E-state index in [-0.39, 0.29) is 18.1 Å². The predicted molar refractivity (Wildman–Crippen MR) is 76.0 cm³/mol. The fourth-order valence-electron chi connectivity index (χ4n) is 1.57. The molecule has 9 heteroatoms. The lowest BCUT2D eigenvalue weighted by molar-refractivity contribution is 0.176. The summed E-state index contributed by atoms with van der Waals surface area (Å²) < 4.78 is 41.1. The van der Waals surface area contributed by atoms with E-state index in [0.29, 0.717) is 0 Å². The number of benzene rings is 1. The molecule has 0 radical (unpaired) electrons. The molecule has 1 atom stereocenters. The molecule has 3 N–H and O–H groups in total. The molecule has 21 heavy (non-hydrogen) atoms. The largest absolute Gasteiger partial charge is 0.453 e. The highest BCUT2D eigenvalue weighted by Gasteiger charge is 2.23. The van der Waals surface area contributed by atoms with Gasteiger partial charge in [-0.1, -0.05) is 12.1 Å². The van der Waals surface area contributed by atoms with Gasteiger partial charge < -0.3 is 10.5 Å². The van der Waals surface area contributed by atoms with E-state index < -0.39 is 27.0 Å². The molecule has 0 bridgehead atoms. The maximum Gasteiger partial charge on any atom is 0.413 e. The molecule has 0 fully saturated rings. The van der Waals surface area contributed by atoms with Crippen molar-refractivity contribution in [1.29, 1.82) is 0 Å². The highest BCUT2D eigenvalue weighted by molar-refractivity contribution is 7.91. The molecule has 1 rings (SSSR count). The maximum atomic E-state index is 13.2. The van der Waals surface area contributed by atoms with Crippen molar-refractivity contribution in [3.8, 4) is 0 Å². The lowest BCUT2D eigenvalue weighted by atomic mass is 10.1. The number of methoxy groups -OCH3 is 1. The van der Waals surface area contributed by atoms with Gasteiger partial charge in [0.15, 0.2) is 15.8 Å². The Bertz CT molecular complexity index is 646. The van der Waals surface area contributed by atoms with Gasteiger partial charge in [0, 0.05) is 6.26 Å². The fourth-order valence-corrected chi connectivity index (χ4v) is 2.56. The minimum Gasteiger partial charge on any atom is -0.453 e. The molecular weight excluding hydrogens is 301 g/mol. The predicted octanol–water partition coefficient (Wildman–Crippen LogP) is 0.582. The molecule has 116 valence electrons. The summed E-state index contributed by atoms with van der Waals surface area (Å²) >= 11 is 0. The first-order chi connectivity index (χ1) is 9.74. The van der Waals surface area contributed by atoms with Crippen LogP contribution in [0.5, 0.6) is 0 Å². The molecule has 1 aromatic rings. The van der Waals surface area contributed by atoms with Crippen LogP contribution in [0.1, 0.15) is 10.8 Å². The zero-order valence-electron chi connectivity index (χ0n) is 11.5. The highest BCUT2D eigenvalue weighted by Crippen LogP contribution is 2.22. The van der Waals surface area contributed by atoms with Crippen molar-refractivity contribution in [3.05, 3.63) is 35.6 Å². The number of aliphatic imine (C=N–C) groups is 1. The topological polar surface area (TPSA) is 111 Å². The first-order valence-electron chi connectivity index (χ1n) is 5.83. The van der Waals surface area contributed by atoms with Gasteiger partial charge in [-0.25, -0.2) is 17.6 Å². The molecule has 1 unspecified atom stereocenters. The molecule has 0 aliphatic heterocycles. The van der Waals surface area contributed by atoms with Gasteiger partial charge in [0.2, 0.25) is 0 Å². The van der Waals surface area contributed by atoms with Crippen molar-refractivity contribution < 1.29 is 22.3 Å². The summed E-state index contributed by atoms with van der Waals surface area (Å²) in [5.74, 6) is -0.835. The van der Waals surface area contributed by atoms with Crippen molar-refractivity contribution in [3.63, 3.8) is 0 Å². The number of ether oxygens (including phenoxy) is 1. The summed E-state index contributed by atoms with van der Waals surface area (Å²) in [6, 6.07) is 5.21. The van der Waals surface area contributed by atoms with E-state index in [1.165, 1.54) is 18.2 Å². The SMILES string of the molecule is COC(=O)NC(N)=NCC(c1cccc(F)c1)S(C)(=O)=O. The number of sulfone groups is 1. The van der Waals surface area contributed by atoms with Gasteiger partial charge in [-0.2, -0.15) is 0 Å². The van der Waals surface area contributed by atoms with E-state index in [2.05, 4.69) is 15.0 Å². The van der Waals surface area contributed by atoms with Crippen LogP contribution in [0.25, 0.3) is 0 Å². The molecule has 0 aliphatic rings. The monoisotopic (exact) mass is 317 g/mol. The Labute approximate surface area is 121 Å². The Morgan fingerprint density at radius 3 is 2.71 bits per heavy atom. The summed E-state index contributed by atoms with van der Waals surface area (Å²) in [4.78, 5) is 14.7. The smallest absolute Gasteiger partial charge is 0.413 e. The van der Waals surface area contributed by atoms with Gasteiger partial charge in [0.25, 0.3) is 0 Å². The van der Waals surface area contributed by atoms with Crippen LogP contribution in [0.3, 0.4) is 0 Å². The lowest BCUT2D eigenvalue weighted by Crippen LogP contribution is -2.37. The molecule has 1 aromatic carbocycles. The zero-order chi connectivity index (χ0) is 16.0. The van der Waals surface area contributed by atoms with E-state index in [0.717, 1.165) is 19.4 Å². The van der Waals surface area contributed by atoms with Gasteiger partial charge in [-0.05, 0) is 17.7 Å². The number of nitrogens with two attached hydrogens (primary N) is 1. The number of carbonyl (C=O) groups is 1. The standard InChI is InChI=1S/C12H16FN3O4S/c1-20-12(17)16-11(14)15-7-10(21(2,18)19)8-4-3-5-9(13)6-8/h3-6,10H,7H2,1-2H3,(H3,14,15,16,17). The van der Waals surface area contributed by atoms with Gasteiger partial charge in [-0.3, -0.25) is 10.3 Å². The van der Waals surface area contributed by atoms with Gasteiger partial charge >= 0.3 is 6.09 Å². The number of carbonyl (C=O) groups excluding carboxylic acids is 1.